The van der Waals surface area contributed by atoms with Gasteiger partial charge in [-0.15, -0.1) is 0 Å². The third-order valence-electron chi connectivity index (χ3n) is 4.31. The van der Waals surface area contributed by atoms with E-state index in [-0.39, 0.29) is 5.60 Å². The second-order valence-corrected chi connectivity index (χ2v) is 6.16. The summed E-state index contributed by atoms with van der Waals surface area (Å²) in [6, 6.07) is 0.558. The third kappa shape index (κ3) is 1.83. The molecule has 0 radical (unpaired) electrons. The molecule has 2 fully saturated rings. The van der Waals surface area contributed by atoms with Crippen LogP contribution in [0.25, 0.3) is 0 Å². The van der Waals surface area contributed by atoms with Gasteiger partial charge in [-0.2, -0.15) is 0 Å². The van der Waals surface area contributed by atoms with Gasteiger partial charge in [-0.1, -0.05) is 27.7 Å². The molecule has 0 amide bonds. The Morgan fingerprint density at radius 1 is 1.40 bits per heavy atom. The van der Waals surface area contributed by atoms with Crippen LogP contribution >= 0.6 is 0 Å². The second-order valence-electron chi connectivity index (χ2n) is 6.16. The fraction of sp³-hybridized carbons (Fsp3) is 1.00. The highest BCUT2D eigenvalue weighted by atomic mass is 16.5. The van der Waals surface area contributed by atoms with Gasteiger partial charge in [0.05, 0.1) is 12.2 Å². The van der Waals surface area contributed by atoms with Crippen molar-refractivity contribution >= 4 is 0 Å². The highest BCUT2D eigenvalue weighted by Gasteiger charge is 2.54. The van der Waals surface area contributed by atoms with Gasteiger partial charge >= 0.3 is 0 Å². The van der Waals surface area contributed by atoms with Gasteiger partial charge in [-0.05, 0) is 30.6 Å². The van der Waals surface area contributed by atoms with Gasteiger partial charge in [0.2, 0.25) is 0 Å². The minimum atomic E-state index is 0.122. The standard InChI is InChI=1S/C13H25NO/c1-5-11-13(15-7-6-14-11)9-12(3,4)8-10(13)2/h10-11,14H,5-9H2,1-4H3. The van der Waals surface area contributed by atoms with Crippen molar-refractivity contribution in [2.24, 2.45) is 11.3 Å². The lowest BCUT2D eigenvalue weighted by Crippen LogP contribution is -2.59. The molecule has 2 aliphatic rings. The van der Waals surface area contributed by atoms with Crippen molar-refractivity contribution < 1.29 is 4.74 Å². The Kier molecular flexibility index (Phi) is 2.85. The second kappa shape index (κ2) is 3.74. The van der Waals surface area contributed by atoms with Gasteiger partial charge in [-0.3, -0.25) is 0 Å². The molecule has 1 heterocycles. The molecule has 0 aromatic rings. The van der Waals surface area contributed by atoms with E-state index in [9.17, 15) is 0 Å². The molecule has 1 aliphatic heterocycles. The van der Waals surface area contributed by atoms with Crippen LogP contribution in [0.15, 0.2) is 0 Å². The largest absolute Gasteiger partial charge is 0.372 e. The zero-order chi connectivity index (χ0) is 11.1. The summed E-state index contributed by atoms with van der Waals surface area (Å²) < 4.78 is 6.22. The van der Waals surface area contributed by atoms with E-state index < -0.39 is 0 Å². The molecule has 1 saturated carbocycles. The summed E-state index contributed by atoms with van der Waals surface area (Å²) in [5.41, 5.74) is 0.572. The lowest BCUT2D eigenvalue weighted by molar-refractivity contribution is -0.120. The van der Waals surface area contributed by atoms with E-state index >= 15 is 0 Å². The van der Waals surface area contributed by atoms with Crippen molar-refractivity contribution in [3.05, 3.63) is 0 Å². The van der Waals surface area contributed by atoms with Gasteiger partial charge < -0.3 is 10.1 Å². The van der Waals surface area contributed by atoms with E-state index in [0.717, 1.165) is 13.2 Å². The topological polar surface area (TPSA) is 21.3 Å². The van der Waals surface area contributed by atoms with E-state index in [1.165, 1.54) is 19.3 Å². The molecule has 2 heteroatoms. The molecular formula is C13H25NO. The first-order valence-corrected chi connectivity index (χ1v) is 6.37. The first-order chi connectivity index (χ1) is 7.00. The zero-order valence-electron chi connectivity index (χ0n) is 10.6. The van der Waals surface area contributed by atoms with Crippen molar-refractivity contribution in [3.8, 4) is 0 Å². The van der Waals surface area contributed by atoms with Crippen LogP contribution in [0.2, 0.25) is 0 Å². The smallest absolute Gasteiger partial charge is 0.0865 e. The molecule has 2 nitrogen and oxygen atoms in total. The molecule has 0 bridgehead atoms. The monoisotopic (exact) mass is 211 g/mol. The Morgan fingerprint density at radius 3 is 2.67 bits per heavy atom. The molecule has 15 heavy (non-hydrogen) atoms. The molecule has 2 rings (SSSR count). The van der Waals surface area contributed by atoms with E-state index in [1.54, 1.807) is 0 Å². The molecule has 0 aromatic heterocycles. The maximum Gasteiger partial charge on any atom is 0.0865 e. The molecule has 3 unspecified atom stereocenters. The van der Waals surface area contributed by atoms with Crippen molar-refractivity contribution in [2.45, 2.75) is 58.6 Å². The summed E-state index contributed by atoms with van der Waals surface area (Å²) in [5, 5.41) is 3.64. The van der Waals surface area contributed by atoms with Gasteiger partial charge in [0.15, 0.2) is 0 Å². The summed E-state index contributed by atoms with van der Waals surface area (Å²) >= 11 is 0. The molecular weight excluding hydrogens is 186 g/mol. The number of hydrogen-bond donors (Lipinski definition) is 1. The number of morpholine rings is 1. The average Bonchev–Trinajstić information content (AvgIpc) is 2.38. The molecule has 1 N–H and O–H groups in total. The average molecular weight is 211 g/mol. The normalized spacial score (nSPS) is 44.8. The maximum absolute atomic E-state index is 6.22. The van der Waals surface area contributed by atoms with E-state index in [2.05, 4.69) is 33.0 Å². The number of rotatable bonds is 1. The molecule has 1 aliphatic carbocycles. The first kappa shape index (κ1) is 11.4. The Bertz CT molecular complexity index is 239. The van der Waals surface area contributed by atoms with Gasteiger partial charge in [-0.25, -0.2) is 0 Å². The highest BCUT2D eigenvalue weighted by molar-refractivity contribution is 5.07. The summed E-state index contributed by atoms with van der Waals surface area (Å²) in [7, 11) is 0. The van der Waals surface area contributed by atoms with Gasteiger partial charge in [0, 0.05) is 12.6 Å². The molecule has 1 saturated heterocycles. The summed E-state index contributed by atoms with van der Waals surface area (Å²) in [6.07, 6.45) is 3.69. The van der Waals surface area contributed by atoms with Crippen molar-refractivity contribution in [1.29, 1.82) is 0 Å². The Hall–Kier alpha value is -0.0800. The van der Waals surface area contributed by atoms with E-state index in [0.29, 0.717) is 17.4 Å². The quantitative estimate of drug-likeness (QED) is 0.720. The predicted molar refractivity (Wildman–Crippen MR) is 62.9 cm³/mol. The fourth-order valence-electron chi connectivity index (χ4n) is 3.89. The van der Waals surface area contributed by atoms with Crippen LogP contribution in [0, 0.1) is 11.3 Å². The van der Waals surface area contributed by atoms with Crippen LogP contribution in [-0.2, 0) is 4.74 Å². The molecule has 3 atom stereocenters. The summed E-state index contributed by atoms with van der Waals surface area (Å²) in [4.78, 5) is 0. The van der Waals surface area contributed by atoms with Crippen LogP contribution in [-0.4, -0.2) is 24.8 Å². The van der Waals surface area contributed by atoms with Crippen molar-refractivity contribution in [3.63, 3.8) is 0 Å². The highest BCUT2D eigenvalue weighted by Crippen LogP contribution is 2.52. The van der Waals surface area contributed by atoms with Gasteiger partial charge in [0.25, 0.3) is 0 Å². The van der Waals surface area contributed by atoms with Crippen LogP contribution in [0.3, 0.4) is 0 Å². The van der Waals surface area contributed by atoms with Crippen molar-refractivity contribution in [1.82, 2.24) is 5.32 Å². The minimum absolute atomic E-state index is 0.122. The Labute approximate surface area is 93.8 Å². The number of ether oxygens (including phenoxy) is 1. The van der Waals surface area contributed by atoms with Crippen LogP contribution in [0.4, 0.5) is 0 Å². The Morgan fingerprint density at radius 2 is 2.13 bits per heavy atom. The third-order valence-corrected chi connectivity index (χ3v) is 4.31. The lowest BCUT2D eigenvalue weighted by atomic mass is 9.81. The van der Waals surface area contributed by atoms with Crippen LogP contribution in [0.1, 0.15) is 47.0 Å². The fourth-order valence-corrected chi connectivity index (χ4v) is 3.89. The molecule has 1 spiro atoms. The SMILES string of the molecule is CCC1NCCOC12CC(C)(C)CC2C. The Balaban J connectivity index is 2.23. The van der Waals surface area contributed by atoms with E-state index in [1.807, 2.05) is 0 Å². The predicted octanol–water partition coefficient (Wildman–Crippen LogP) is 2.58. The van der Waals surface area contributed by atoms with Crippen LogP contribution < -0.4 is 5.32 Å². The number of hydrogen-bond acceptors (Lipinski definition) is 2. The minimum Gasteiger partial charge on any atom is -0.372 e. The summed E-state index contributed by atoms with van der Waals surface area (Å²) in [6.45, 7) is 11.3. The molecule has 0 aromatic carbocycles. The maximum atomic E-state index is 6.22. The van der Waals surface area contributed by atoms with Crippen LogP contribution in [0.5, 0.6) is 0 Å². The summed E-state index contributed by atoms with van der Waals surface area (Å²) in [5.74, 6) is 0.685. The zero-order valence-corrected chi connectivity index (χ0v) is 10.6. The molecule has 88 valence electrons. The van der Waals surface area contributed by atoms with Gasteiger partial charge in [0.1, 0.15) is 0 Å². The number of nitrogens with one attached hydrogen (secondary N) is 1. The lowest BCUT2D eigenvalue weighted by Gasteiger charge is -2.45. The van der Waals surface area contributed by atoms with Crippen molar-refractivity contribution in [2.75, 3.05) is 13.2 Å². The van der Waals surface area contributed by atoms with E-state index in [4.69, 9.17) is 4.74 Å². The first-order valence-electron chi connectivity index (χ1n) is 6.37.